The fraction of sp³-hybridized carbons (Fsp3) is 0.500. The van der Waals surface area contributed by atoms with Crippen molar-refractivity contribution in [3.63, 3.8) is 0 Å². The molecular formula is C12H17N3O5S. The molecule has 1 aromatic heterocycles. The van der Waals surface area contributed by atoms with Crippen molar-refractivity contribution in [2.45, 2.75) is 18.4 Å². The van der Waals surface area contributed by atoms with Crippen LogP contribution in [0.3, 0.4) is 0 Å². The highest BCUT2D eigenvalue weighted by atomic mass is 32.2. The molecule has 0 saturated heterocycles. The number of aromatic nitrogens is 2. The Balaban J connectivity index is 2.65. The summed E-state index contributed by atoms with van der Waals surface area (Å²) in [6.07, 6.45) is 0.690. The lowest BCUT2D eigenvalue weighted by atomic mass is 10.2. The Morgan fingerprint density at radius 2 is 2.19 bits per heavy atom. The van der Waals surface area contributed by atoms with E-state index in [1.165, 1.54) is 6.92 Å². The minimum absolute atomic E-state index is 0.0108. The summed E-state index contributed by atoms with van der Waals surface area (Å²) >= 11 is 0.920. The number of carboxylic acids is 1. The molecule has 116 valence electrons. The minimum Gasteiger partial charge on any atom is -0.478 e. The summed E-state index contributed by atoms with van der Waals surface area (Å²) in [5.74, 6) is -1.46. The first-order valence-corrected chi connectivity index (χ1v) is 7.17. The van der Waals surface area contributed by atoms with Crippen molar-refractivity contribution >= 4 is 23.6 Å². The topological polar surface area (TPSA) is 121 Å². The highest BCUT2D eigenvalue weighted by Crippen LogP contribution is 2.20. The second kappa shape index (κ2) is 8.42. The molecule has 0 atom stereocenters. The number of hydrogen-bond donors (Lipinski definition) is 3. The van der Waals surface area contributed by atoms with Crippen LogP contribution in [0.4, 0.5) is 0 Å². The number of carboxylic acid groups (broad SMARTS) is 1. The fourth-order valence-electron chi connectivity index (χ4n) is 1.54. The lowest BCUT2D eigenvalue weighted by Gasteiger charge is -2.07. The summed E-state index contributed by atoms with van der Waals surface area (Å²) in [7, 11) is 1.58. The molecule has 21 heavy (non-hydrogen) atoms. The molecule has 0 bridgehead atoms. The Kier molecular flexibility index (Phi) is 6.89. The number of rotatable bonds is 8. The average Bonchev–Trinajstić information content (AvgIpc) is 2.40. The van der Waals surface area contributed by atoms with Gasteiger partial charge in [-0.2, -0.15) is 4.98 Å². The zero-order valence-electron chi connectivity index (χ0n) is 11.8. The summed E-state index contributed by atoms with van der Waals surface area (Å²) in [5, 5.41) is 11.8. The summed E-state index contributed by atoms with van der Waals surface area (Å²) in [4.78, 5) is 40.0. The van der Waals surface area contributed by atoms with Crippen molar-refractivity contribution in [1.29, 1.82) is 0 Å². The molecule has 1 amide bonds. The molecule has 0 unspecified atom stereocenters. The normalized spacial score (nSPS) is 10.4. The molecule has 1 heterocycles. The van der Waals surface area contributed by atoms with Crippen LogP contribution in [-0.4, -0.2) is 53.0 Å². The van der Waals surface area contributed by atoms with Crippen LogP contribution in [0.2, 0.25) is 0 Å². The van der Waals surface area contributed by atoms with Gasteiger partial charge in [0.1, 0.15) is 10.6 Å². The molecule has 9 heteroatoms. The number of ether oxygens (including phenoxy) is 1. The maximum Gasteiger partial charge on any atom is 0.346 e. The van der Waals surface area contributed by atoms with Crippen LogP contribution in [0.5, 0.6) is 0 Å². The molecule has 1 rings (SSSR count). The van der Waals surface area contributed by atoms with E-state index in [0.29, 0.717) is 19.6 Å². The molecule has 0 aliphatic rings. The second-order valence-corrected chi connectivity index (χ2v) is 5.10. The van der Waals surface area contributed by atoms with E-state index < -0.39 is 11.7 Å². The van der Waals surface area contributed by atoms with E-state index in [2.05, 4.69) is 15.3 Å². The summed E-state index contributed by atoms with van der Waals surface area (Å²) in [6.45, 7) is 2.49. The maximum absolute atomic E-state index is 11.6. The number of aryl methyl sites for hydroxylation is 1. The Bertz CT molecular complexity index is 573. The van der Waals surface area contributed by atoms with Gasteiger partial charge in [0.05, 0.1) is 5.75 Å². The second-order valence-electron chi connectivity index (χ2n) is 4.14. The molecule has 0 aliphatic heterocycles. The zero-order chi connectivity index (χ0) is 15.8. The number of aromatic carboxylic acids is 1. The van der Waals surface area contributed by atoms with Gasteiger partial charge in [-0.05, 0) is 13.3 Å². The van der Waals surface area contributed by atoms with Gasteiger partial charge in [-0.1, -0.05) is 11.8 Å². The number of aromatic amines is 1. The molecule has 0 spiro atoms. The summed E-state index contributed by atoms with van der Waals surface area (Å²) in [6, 6.07) is 0. The third kappa shape index (κ3) is 5.56. The highest BCUT2D eigenvalue weighted by Gasteiger charge is 2.17. The summed E-state index contributed by atoms with van der Waals surface area (Å²) < 4.78 is 4.85. The molecule has 8 nitrogen and oxygen atoms in total. The van der Waals surface area contributed by atoms with Gasteiger partial charge in [0.25, 0.3) is 0 Å². The smallest absolute Gasteiger partial charge is 0.346 e. The monoisotopic (exact) mass is 315 g/mol. The van der Waals surface area contributed by atoms with Crippen LogP contribution >= 0.6 is 11.8 Å². The third-order valence-corrected chi connectivity index (χ3v) is 3.46. The number of carbonyl (C=O) groups excluding carboxylic acids is 1. The molecule has 0 fully saturated rings. The van der Waals surface area contributed by atoms with Crippen molar-refractivity contribution in [2.75, 3.05) is 26.0 Å². The van der Waals surface area contributed by atoms with E-state index >= 15 is 0 Å². The van der Waals surface area contributed by atoms with Crippen LogP contribution in [-0.2, 0) is 9.53 Å². The van der Waals surface area contributed by atoms with Crippen LogP contribution in [0.15, 0.2) is 9.82 Å². The van der Waals surface area contributed by atoms with Crippen molar-refractivity contribution in [3.05, 3.63) is 21.7 Å². The van der Waals surface area contributed by atoms with Crippen LogP contribution in [0.1, 0.15) is 22.5 Å². The quantitative estimate of drug-likeness (QED) is 0.351. The van der Waals surface area contributed by atoms with E-state index in [1.54, 1.807) is 7.11 Å². The number of hydrogen-bond acceptors (Lipinski definition) is 6. The van der Waals surface area contributed by atoms with Gasteiger partial charge in [-0.15, -0.1) is 0 Å². The van der Waals surface area contributed by atoms with Crippen LogP contribution < -0.4 is 11.0 Å². The number of nitrogens with one attached hydrogen (secondary N) is 2. The van der Waals surface area contributed by atoms with E-state index in [4.69, 9.17) is 9.84 Å². The molecule has 0 aliphatic carbocycles. The standard InChI is InChI=1S/C12H17N3O5S/c1-7-9(11(17)18)10(15-12(19)14-7)21-6-8(16)13-4-3-5-20-2/h3-6H2,1-2H3,(H,13,16)(H,17,18)(H,14,15,19). The molecule has 0 saturated carbocycles. The van der Waals surface area contributed by atoms with Gasteiger partial charge in [0.2, 0.25) is 5.91 Å². The minimum atomic E-state index is -1.20. The van der Waals surface area contributed by atoms with Gasteiger partial charge in [0, 0.05) is 26.0 Å². The van der Waals surface area contributed by atoms with Crippen molar-refractivity contribution in [2.24, 2.45) is 0 Å². The van der Waals surface area contributed by atoms with Crippen LogP contribution in [0.25, 0.3) is 0 Å². The summed E-state index contributed by atoms with van der Waals surface area (Å²) in [5.41, 5.74) is -0.516. The Morgan fingerprint density at radius 1 is 1.48 bits per heavy atom. The molecule has 0 radical (unpaired) electrons. The predicted molar refractivity (Wildman–Crippen MR) is 76.8 cm³/mol. The van der Waals surface area contributed by atoms with E-state index in [1.807, 2.05) is 0 Å². The largest absolute Gasteiger partial charge is 0.478 e. The number of H-pyrrole nitrogens is 1. The predicted octanol–water partition coefficient (Wildman–Crippen LogP) is 0.0213. The van der Waals surface area contributed by atoms with Crippen molar-refractivity contribution in [1.82, 2.24) is 15.3 Å². The number of carbonyl (C=O) groups is 2. The van der Waals surface area contributed by atoms with E-state index in [0.717, 1.165) is 11.8 Å². The first-order valence-electron chi connectivity index (χ1n) is 6.18. The third-order valence-electron chi connectivity index (χ3n) is 2.49. The highest BCUT2D eigenvalue weighted by molar-refractivity contribution is 8.00. The van der Waals surface area contributed by atoms with E-state index in [9.17, 15) is 14.4 Å². The molecule has 0 aromatic carbocycles. The maximum atomic E-state index is 11.6. The lowest BCUT2D eigenvalue weighted by molar-refractivity contribution is -0.118. The number of methoxy groups -OCH3 is 1. The number of nitrogens with zero attached hydrogens (tertiary/aromatic N) is 1. The molecule has 1 aromatic rings. The number of thioether (sulfide) groups is 1. The Labute approximate surface area is 125 Å². The van der Waals surface area contributed by atoms with Gasteiger partial charge in [-0.25, -0.2) is 9.59 Å². The fourth-order valence-corrected chi connectivity index (χ4v) is 2.45. The molecule has 3 N–H and O–H groups in total. The zero-order valence-corrected chi connectivity index (χ0v) is 12.6. The number of amides is 1. The van der Waals surface area contributed by atoms with Crippen LogP contribution in [0, 0.1) is 6.92 Å². The van der Waals surface area contributed by atoms with Crippen molar-refractivity contribution < 1.29 is 19.4 Å². The molecular weight excluding hydrogens is 298 g/mol. The van der Waals surface area contributed by atoms with Crippen molar-refractivity contribution in [3.8, 4) is 0 Å². The lowest BCUT2D eigenvalue weighted by Crippen LogP contribution is -2.27. The average molecular weight is 315 g/mol. The first-order chi connectivity index (χ1) is 9.95. The van der Waals surface area contributed by atoms with Gasteiger partial charge >= 0.3 is 11.7 Å². The van der Waals surface area contributed by atoms with Gasteiger partial charge < -0.3 is 20.1 Å². The Hall–Kier alpha value is -1.87. The Morgan fingerprint density at radius 3 is 2.81 bits per heavy atom. The first kappa shape index (κ1) is 17.2. The van der Waals surface area contributed by atoms with E-state index in [-0.39, 0.29) is 27.9 Å². The van der Waals surface area contributed by atoms with Gasteiger partial charge in [-0.3, -0.25) is 4.79 Å². The van der Waals surface area contributed by atoms with Gasteiger partial charge in [0.15, 0.2) is 0 Å². The SMILES string of the molecule is COCCCNC(=O)CSc1nc(=O)[nH]c(C)c1C(=O)O.